The van der Waals surface area contributed by atoms with Crippen molar-refractivity contribution in [3.05, 3.63) is 72.1 Å². The van der Waals surface area contributed by atoms with Crippen LogP contribution in [0.1, 0.15) is 11.1 Å². The predicted octanol–water partition coefficient (Wildman–Crippen LogP) is 3.81. The van der Waals surface area contributed by atoms with Gasteiger partial charge in [0.15, 0.2) is 0 Å². The maximum Gasteiger partial charge on any atom is 0.0423 e. The molecule has 98 valence electrons. The minimum atomic E-state index is 0.492. The molecule has 2 aromatic carbocycles. The van der Waals surface area contributed by atoms with Crippen molar-refractivity contribution in [2.45, 2.75) is 18.9 Å². The number of rotatable bonds is 2. The Labute approximate surface area is 118 Å². The van der Waals surface area contributed by atoms with Crippen LogP contribution in [0.4, 0.5) is 5.69 Å². The molecule has 4 rings (SSSR count). The van der Waals surface area contributed by atoms with Crippen LogP contribution < -0.4 is 5.32 Å². The highest BCUT2D eigenvalue weighted by molar-refractivity contribution is 5.93. The summed E-state index contributed by atoms with van der Waals surface area (Å²) in [5.74, 6) is 0. The van der Waals surface area contributed by atoms with E-state index in [1.54, 1.807) is 0 Å². The number of fused-ring (bicyclic) bond motifs is 2. The fraction of sp³-hybridized carbons (Fsp3) is 0.167. The van der Waals surface area contributed by atoms with E-state index in [0.29, 0.717) is 6.04 Å². The SMILES string of the molecule is c1ccc2c(c1)CC(Nc1cccc3cnccc13)C2. The number of hydrogen-bond donors (Lipinski definition) is 1. The summed E-state index contributed by atoms with van der Waals surface area (Å²) in [5, 5.41) is 6.14. The lowest BCUT2D eigenvalue weighted by molar-refractivity contribution is 0.775. The minimum absolute atomic E-state index is 0.492. The summed E-state index contributed by atoms with van der Waals surface area (Å²) >= 11 is 0. The van der Waals surface area contributed by atoms with Gasteiger partial charge in [-0.05, 0) is 36.1 Å². The van der Waals surface area contributed by atoms with E-state index >= 15 is 0 Å². The van der Waals surface area contributed by atoms with Gasteiger partial charge in [-0.15, -0.1) is 0 Å². The molecule has 2 nitrogen and oxygen atoms in total. The Hall–Kier alpha value is -2.35. The van der Waals surface area contributed by atoms with E-state index in [9.17, 15) is 0 Å². The highest BCUT2D eigenvalue weighted by atomic mass is 14.9. The minimum Gasteiger partial charge on any atom is -0.381 e. The van der Waals surface area contributed by atoms with Crippen molar-refractivity contribution in [3.8, 4) is 0 Å². The molecule has 0 radical (unpaired) electrons. The van der Waals surface area contributed by atoms with Crippen molar-refractivity contribution in [1.29, 1.82) is 0 Å². The van der Waals surface area contributed by atoms with Gasteiger partial charge in [0.2, 0.25) is 0 Å². The Bertz CT molecular complexity index is 734. The topological polar surface area (TPSA) is 24.9 Å². The first-order chi connectivity index (χ1) is 9.90. The van der Waals surface area contributed by atoms with Crippen LogP contribution in [-0.2, 0) is 12.8 Å². The maximum absolute atomic E-state index is 4.19. The summed E-state index contributed by atoms with van der Waals surface area (Å²) < 4.78 is 0. The first kappa shape index (κ1) is 11.5. The number of nitrogens with zero attached hydrogens (tertiary/aromatic N) is 1. The van der Waals surface area contributed by atoms with Crippen molar-refractivity contribution < 1.29 is 0 Å². The van der Waals surface area contributed by atoms with Crippen LogP contribution in [0.25, 0.3) is 10.8 Å². The third-order valence-electron chi connectivity index (χ3n) is 4.09. The Kier molecular flexibility index (Phi) is 2.66. The van der Waals surface area contributed by atoms with Gasteiger partial charge < -0.3 is 5.32 Å². The van der Waals surface area contributed by atoms with Crippen molar-refractivity contribution in [3.63, 3.8) is 0 Å². The number of pyridine rings is 1. The van der Waals surface area contributed by atoms with E-state index in [0.717, 1.165) is 12.8 Å². The van der Waals surface area contributed by atoms with Crippen LogP contribution in [0.15, 0.2) is 60.9 Å². The van der Waals surface area contributed by atoms with Gasteiger partial charge in [-0.3, -0.25) is 4.98 Å². The van der Waals surface area contributed by atoms with Gasteiger partial charge in [-0.25, -0.2) is 0 Å². The first-order valence-corrected chi connectivity index (χ1v) is 7.06. The maximum atomic E-state index is 4.19. The molecule has 1 aromatic heterocycles. The van der Waals surface area contributed by atoms with E-state index in [1.807, 2.05) is 12.4 Å². The molecule has 0 unspecified atom stereocenters. The second-order valence-corrected chi connectivity index (χ2v) is 5.42. The zero-order valence-corrected chi connectivity index (χ0v) is 11.2. The number of nitrogens with one attached hydrogen (secondary N) is 1. The molecule has 20 heavy (non-hydrogen) atoms. The molecule has 0 amide bonds. The van der Waals surface area contributed by atoms with E-state index in [2.05, 4.69) is 58.8 Å². The Morgan fingerprint density at radius 2 is 1.70 bits per heavy atom. The molecule has 1 N–H and O–H groups in total. The second kappa shape index (κ2) is 4.64. The monoisotopic (exact) mass is 260 g/mol. The summed E-state index contributed by atoms with van der Waals surface area (Å²) in [5.41, 5.74) is 4.17. The van der Waals surface area contributed by atoms with Crippen molar-refractivity contribution in [2.75, 3.05) is 5.32 Å². The molecular formula is C18H16N2. The molecule has 0 saturated heterocycles. The van der Waals surface area contributed by atoms with Gasteiger partial charge in [0.05, 0.1) is 0 Å². The summed E-state index contributed by atoms with van der Waals surface area (Å²) in [6.07, 6.45) is 6.00. The Morgan fingerprint density at radius 1 is 0.900 bits per heavy atom. The average molecular weight is 260 g/mol. The smallest absolute Gasteiger partial charge is 0.0423 e. The van der Waals surface area contributed by atoms with Crippen molar-refractivity contribution in [2.24, 2.45) is 0 Å². The number of aromatic nitrogens is 1. The van der Waals surface area contributed by atoms with Crippen LogP contribution >= 0.6 is 0 Å². The van der Waals surface area contributed by atoms with E-state index in [4.69, 9.17) is 0 Å². The molecule has 0 spiro atoms. The van der Waals surface area contributed by atoms with E-state index in [1.165, 1.54) is 27.6 Å². The number of benzene rings is 2. The second-order valence-electron chi connectivity index (χ2n) is 5.42. The van der Waals surface area contributed by atoms with Gasteiger partial charge in [-0.1, -0.05) is 36.4 Å². The molecule has 1 aliphatic carbocycles. The third kappa shape index (κ3) is 1.94. The van der Waals surface area contributed by atoms with Gasteiger partial charge >= 0.3 is 0 Å². The van der Waals surface area contributed by atoms with Gasteiger partial charge in [-0.2, -0.15) is 0 Å². The molecule has 0 saturated carbocycles. The summed E-state index contributed by atoms with van der Waals surface area (Å²) in [7, 11) is 0. The normalized spacial score (nSPS) is 14.4. The molecular weight excluding hydrogens is 244 g/mol. The molecule has 0 atom stereocenters. The van der Waals surface area contributed by atoms with Crippen LogP contribution in [0.5, 0.6) is 0 Å². The summed E-state index contributed by atoms with van der Waals surface area (Å²) in [6, 6.07) is 17.7. The average Bonchev–Trinajstić information content (AvgIpc) is 2.90. The molecule has 1 heterocycles. The summed E-state index contributed by atoms with van der Waals surface area (Å²) in [6.45, 7) is 0. The van der Waals surface area contributed by atoms with Gasteiger partial charge in [0.25, 0.3) is 0 Å². The number of hydrogen-bond acceptors (Lipinski definition) is 2. The molecule has 0 fully saturated rings. The zero-order valence-electron chi connectivity index (χ0n) is 11.2. The van der Waals surface area contributed by atoms with Gasteiger partial charge in [0, 0.05) is 34.9 Å². The lowest BCUT2D eigenvalue weighted by Crippen LogP contribution is -2.19. The number of anilines is 1. The molecule has 3 aromatic rings. The van der Waals surface area contributed by atoms with Crippen LogP contribution in [0.2, 0.25) is 0 Å². The van der Waals surface area contributed by atoms with Crippen molar-refractivity contribution in [1.82, 2.24) is 4.98 Å². The summed E-state index contributed by atoms with van der Waals surface area (Å²) in [4.78, 5) is 4.19. The standard InChI is InChI=1S/C18H16N2/c1-2-5-14-11-16(10-13(14)4-1)20-18-7-3-6-15-12-19-9-8-17(15)18/h1-9,12,16,20H,10-11H2. The first-order valence-electron chi connectivity index (χ1n) is 7.06. The highest BCUT2D eigenvalue weighted by Crippen LogP contribution is 2.28. The predicted molar refractivity (Wildman–Crippen MR) is 83.0 cm³/mol. The van der Waals surface area contributed by atoms with E-state index in [-0.39, 0.29) is 0 Å². The highest BCUT2D eigenvalue weighted by Gasteiger charge is 2.20. The van der Waals surface area contributed by atoms with Crippen LogP contribution in [0.3, 0.4) is 0 Å². The van der Waals surface area contributed by atoms with Crippen LogP contribution in [-0.4, -0.2) is 11.0 Å². The Morgan fingerprint density at radius 3 is 2.50 bits per heavy atom. The third-order valence-corrected chi connectivity index (χ3v) is 4.09. The van der Waals surface area contributed by atoms with E-state index < -0.39 is 0 Å². The fourth-order valence-electron chi connectivity index (χ4n) is 3.13. The molecule has 0 aliphatic heterocycles. The molecule has 1 aliphatic rings. The Balaban J connectivity index is 1.64. The molecule has 2 heteroatoms. The largest absolute Gasteiger partial charge is 0.381 e. The quantitative estimate of drug-likeness (QED) is 0.757. The fourth-order valence-corrected chi connectivity index (χ4v) is 3.13. The molecule has 0 bridgehead atoms. The van der Waals surface area contributed by atoms with Crippen LogP contribution in [0, 0.1) is 0 Å². The lowest BCUT2D eigenvalue weighted by atomic mass is 10.1. The lowest BCUT2D eigenvalue weighted by Gasteiger charge is -2.15. The zero-order chi connectivity index (χ0) is 13.4. The van der Waals surface area contributed by atoms with Crippen molar-refractivity contribution >= 4 is 16.5 Å². The van der Waals surface area contributed by atoms with Gasteiger partial charge in [0.1, 0.15) is 0 Å².